The molecule has 1 saturated heterocycles. The lowest BCUT2D eigenvalue weighted by Gasteiger charge is -2.25. The molecule has 27 heteroatoms. The normalized spacial score (nSPS) is 24.1. The number of amides is 9. The van der Waals surface area contributed by atoms with Crippen LogP contribution in [-0.2, 0) is 54.4 Å². The van der Waals surface area contributed by atoms with Crippen molar-refractivity contribution in [2.45, 2.75) is 85.9 Å². The van der Waals surface area contributed by atoms with Gasteiger partial charge >= 0.3 is 5.97 Å². The monoisotopic (exact) mass is 941 g/mol. The van der Waals surface area contributed by atoms with Gasteiger partial charge in [-0.1, -0.05) is 30.3 Å². The Labute approximate surface area is 377 Å². The van der Waals surface area contributed by atoms with Crippen LogP contribution in [0.2, 0.25) is 0 Å². The van der Waals surface area contributed by atoms with E-state index in [0.29, 0.717) is 30.2 Å². The van der Waals surface area contributed by atoms with Gasteiger partial charge in [0, 0.05) is 18.7 Å². The van der Waals surface area contributed by atoms with E-state index < -0.39 is 119 Å². The van der Waals surface area contributed by atoms with Crippen molar-refractivity contribution in [3.05, 3.63) is 35.9 Å². The summed E-state index contributed by atoms with van der Waals surface area (Å²) in [5.74, 6) is -11.3. The highest BCUT2D eigenvalue weighted by atomic mass is 32.2. The molecule has 24 nitrogen and oxygen atoms in total. The van der Waals surface area contributed by atoms with Crippen molar-refractivity contribution in [2.24, 2.45) is 27.9 Å². The SMILES string of the molecule is NCCCC[C@@H]1NC(=O)CS[C@@H](C(N)=O)NC(=O)[C@H](Cc2ccccc2)NC(=O)[C@H](S)NC(=O)[C@H](CC(=O)O)NC(=O)CNC(=O)[C@H](CCCN=C(N)N)NC(=O)[C@H](CS)NC1=O. The first-order chi connectivity index (χ1) is 29.8. The maximum atomic E-state index is 13.6. The highest BCUT2D eigenvalue weighted by molar-refractivity contribution is 8.01. The number of carbonyl (C=O) groups excluding carboxylic acids is 9. The van der Waals surface area contributed by atoms with Crippen LogP contribution in [0.25, 0.3) is 0 Å². The Morgan fingerprint density at radius 2 is 1.27 bits per heavy atom. The lowest BCUT2D eigenvalue weighted by Crippen LogP contribution is -2.59. The minimum Gasteiger partial charge on any atom is -0.481 e. The molecular formula is C36H55N13O11S3. The number of aliphatic carboxylic acids is 1. The number of hydrogen-bond donors (Lipinski definition) is 15. The molecule has 1 aliphatic heterocycles. The molecule has 0 radical (unpaired) electrons. The van der Waals surface area contributed by atoms with Crippen molar-refractivity contribution in [3.63, 3.8) is 0 Å². The highest BCUT2D eigenvalue weighted by Gasteiger charge is 2.33. The molecule has 1 aliphatic rings. The topological polar surface area (TPSA) is 404 Å². The maximum Gasteiger partial charge on any atom is 0.305 e. The first-order valence-electron chi connectivity index (χ1n) is 19.4. The lowest BCUT2D eigenvalue weighted by molar-refractivity contribution is -0.141. The van der Waals surface area contributed by atoms with E-state index in [-0.39, 0.29) is 50.5 Å². The fourth-order valence-electron chi connectivity index (χ4n) is 5.62. The van der Waals surface area contributed by atoms with Crippen molar-refractivity contribution in [1.29, 1.82) is 0 Å². The van der Waals surface area contributed by atoms with Crippen LogP contribution >= 0.6 is 37.0 Å². The molecule has 7 atom stereocenters. The number of thiol groups is 2. The highest BCUT2D eigenvalue weighted by Crippen LogP contribution is 2.12. The van der Waals surface area contributed by atoms with Gasteiger partial charge in [0.2, 0.25) is 41.4 Å². The minimum absolute atomic E-state index is 0.0358. The summed E-state index contributed by atoms with van der Waals surface area (Å²) >= 11 is 8.89. The maximum absolute atomic E-state index is 13.6. The third-order valence-electron chi connectivity index (χ3n) is 8.80. The molecule has 2 rings (SSSR count). The molecule has 17 N–H and O–H groups in total. The van der Waals surface area contributed by atoms with Crippen molar-refractivity contribution in [3.8, 4) is 0 Å². The number of carboxylic acids is 1. The summed E-state index contributed by atoms with van der Waals surface area (Å²) in [4.78, 5) is 135. The van der Waals surface area contributed by atoms with Gasteiger partial charge in [0.05, 0.1) is 18.7 Å². The third kappa shape index (κ3) is 20.3. The van der Waals surface area contributed by atoms with Gasteiger partial charge in [-0.3, -0.25) is 52.9 Å². The molecule has 9 amide bonds. The van der Waals surface area contributed by atoms with Crippen LogP contribution in [0.5, 0.6) is 0 Å². The van der Waals surface area contributed by atoms with Gasteiger partial charge in [-0.15, -0.1) is 24.4 Å². The Morgan fingerprint density at radius 1 is 0.698 bits per heavy atom. The number of nitrogens with two attached hydrogens (primary N) is 4. The molecule has 1 aromatic rings. The molecule has 0 aromatic heterocycles. The van der Waals surface area contributed by atoms with Gasteiger partial charge in [0.15, 0.2) is 16.7 Å². The summed E-state index contributed by atoms with van der Waals surface area (Å²) in [5, 5.41) is 25.2. The summed E-state index contributed by atoms with van der Waals surface area (Å²) in [6.45, 7) is -0.523. The molecule has 0 saturated carbocycles. The van der Waals surface area contributed by atoms with Gasteiger partial charge in [0.25, 0.3) is 11.8 Å². The van der Waals surface area contributed by atoms with Crippen molar-refractivity contribution >= 4 is 102 Å². The van der Waals surface area contributed by atoms with E-state index >= 15 is 0 Å². The minimum atomic E-state index is -1.81. The van der Waals surface area contributed by atoms with Gasteiger partial charge in [-0.2, -0.15) is 12.6 Å². The molecule has 0 bridgehead atoms. The number of aliphatic imine (C=N–C) groups is 1. The van der Waals surface area contributed by atoms with Gasteiger partial charge in [-0.25, -0.2) is 0 Å². The first kappa shape index (κ1) is 53.3. The Hall–Kier alpha value is -5.80. The van der Waals surface area contributed by atoms with E-state index in [9.17, 15) is 53.1 Å². The molecule has 63 heavy (non-hydrogen) atoms. The number of nitrogens with one attached hydrogen (secondary N) is 8. The van der Waals surface area contributed by atoms with E-state index in [0.717, 1.165) is 0 Å². The molecule has 0 spiro atoms. The van der Waals surface area contributed by atoms with E-state index in [1.54, 1.807) is 30.3 Å². The zero-order valence-corrected chi connectivity index (χ0v) is 36.6. The number of guanidine groups is 1. The van der Waals surface area contributed by atoms with Crippen LogP contribution in [0.3, 0.4) is 0 Å². The summed E-state index contributed by atoms with van der Waals surface area (Å²) in [6, 6.07) is 1.09. The first-order valence-corrected chi connectivity index (χ1v) is 21.6. The predicted molar refractivity (Wildman–Crippen MR) is 236 cm³/mol. The van der Waals surface area contributed by atoms with Crippen LogP contribution in [0.1, 0.15) is 44.1 Å². The molecular weight excluding hydrogens is 887 g/mol. The third-order valence-corrected chi connectivity index (χ3v) is 10.6. The summed E-state index contributed by atoms with van der Waals surface area (Å²) in [6.07, 6.45) is -0.188. The zero-order chi connectivity index (χ0) is 47.1. The summed E-state index contributed by atoms with van der Waals surface area (Å²) in [5.41, 5.74) is 22.5. The fraction of sp³-hybridized carbons (Fsp3) is 0.528. The fourth-order valence-corrected chi connectivity index (χ4v) is 6.85. The number of carboxylic acid groups (broad SMARTS) is 1. The van der Waals surface area contributed by atoms with Crippen LogP contribution in [0.4, 0.5) is 0 Å². The average molecular weight is 942 g/mol. The number of rotatable bonds is 14. The zero-order valence-electron chi connectivity index (χ0n) is 34.0. The smallest absolute Gasteiger partial charge is 0.305 e. The number of nitrogens with zero attached hydrogens (tertiary/aromatic N) is 1. The predicted octanol–water partition coefficient (Wildman–Crippen LogP) is -5.60. The number of hydrogen-bond acceptors (Lipinski definition) is 15. The molecule has 0 aliphatic carbocycles. The van der Waals surface area contributed by atoms with E-state index in [1.807, 2.05) is 0 Å². The van der Waals surface area contributed by atoms with Crippen LogP contribution in [0.15, 0.2) is 35.3 Å². The quantitative estimate of drug-likeness (QED) is 0.0358. The average Bonchev–Trinajstić information content (AvgIpc) is 3.22. The van der Waals surface area contributed by atoms with Crippen LogP contribution in [0, 0.1) is 0 Å². The second kappa shape index (κ2) is 28.0. The summed E-state index contributed by atoms with van der Waals surface area (Å²) in [7, 11) is 0. The van der Waals surface area contributed by atoms with Crippen LogP contribution < -0.4 is 65.5 Å². The Morgan fingerprint density at radius 3 is 1.89 bits per heavy atom. The number of benzene rings is 1. The van der Waals surface area contributed by atoms with Gasteiger partial charge in [-0.05, 0) is 44.2 Å². The van der Waals surface area contributed by atoms with E-state index in [4.69, 9.17) is 22.9 Å². The second-order valence-electron chi connectivity index (χ2n) is 13.9. The number of unbranched alkanes of at least 4 members (excludes halogenated alkanes) is 1. The summed E-state index contributed by atoms with van der Waals surface area (Å²) < 4.78 is 0. The lowest BCUT2D eigenvalue weighted by atomic mass is 10.1. The van der Waals surface area contributed by atoms with Crippen molar-refractivity contribution in [1.82, 2.24) is 42.5 Å². The standard InChI is InChI=1S/C36H55N13O11S3/c37-11-5-4-9-20-29(56)47-23(16-61)32(59)45-19(10-6-12-41-36(39)40)28(55)42-15-24(50)44-22(14-26(52)53)30(57)48-34(62)33(60)46-21(13-18-7-2-1-3-8-18)31(58)49-35(27(38)54)63-17-25(51)43-20/h1-3,7-8,19-23,34-35,61-62H,4-6,9-17,37H2,(H2,38,54)(H,42,55)(H,43,51)(H,44,50)(H,45,59)(H,46,60)(H,47,56)(H,48,57)(H,49,58)(H,52,53)(H4,39,40,41)/t19-,20-,21-,22-,23-,34-,35-/m0/s1. The van der Waals surface area contributed by atoms with E-state index in [1.165, 1.54) is 0 Å². The Balaban J connectivity index is 2.54. The van der Waals surface area contributed by atoms with Crippen molar-refractivity contribution < 1.29 is 53.1 Å². The second-order valence-corrected chi connectivity index (χ2v) is 15.8. The van der Waals surface area contributed by atoms with Crippen LogP contribution in [-0.4, -0.2) is 142 Å². The van der Waals surface area contributed by atoms with Crippen molar-refractivity contribution in [2.75, 3.05) is 31.1 Å². The molecule has 348 valence electrons. The molecule has 1 aromatic carbocycles. The molecule has 1 fully saturated rings. The number of carbonyl (C=O) groups is 10. The molecule has 0 unspecified atom stereocenters. The number of thioether (sulfide) groups is 1. The van der Waals surface area contributed by atoms with E-state index in [2.05, 4.69) is 72.8 Å². The number of primary amides is 1. The largest absolute Gasteiger partial charge is 0.481 e. The van der Waals surface area contributed by atoms with Gasteiger partial charge in [0.1, 0.15) is 30.2 Å². The Bertz CT molecular complexity index is 1830. The molecule has 1 heterocycles. The Kier molecular flexibility index (Phi) is 23.7. The van der Waals surface area contributed by atoms with Gasteiger partial charge < -0.3 is 70.6 Å².